The minimum atomic E-state index is -1.06. The SMILES string of the molecule is C=C(C)C(=O)OC(C)C1OC(=O)C2(C#N)CC(C)CC12. The van der Waals surface area contributed by atoms with Crippen molar-refractivity contribution >= 4 is 11.9 Å². The minimum Gasteiger partial charge on any atom is -0.457 e. The molecule has 1 aliphatic carbocycles. The molecule has 1 saturated carbocycles. The van der Waals surface area contributed by atoms with Crippen LogP contribution in [0.1, 0.15) is 33.6 Å². The lowest BCUT2D eigenvalue weighted by Crippen LogP contribution is -2.35. The van der Waals surface area contributed by atoms with Crippen LogP contribution < -0.4 is 0 Å². The third kappa shape index (κ3) is 2.09. The zero-order valence-corrected chi connectivity index (χ0v) is 12.0. The zero-order chi connectivity index (χ0) is 15.1. The summed E-state index contributed by atoms with van der Waals surface area (Å²) >= 11 is 0. The van der Waals surface area contributed by atoms with Crippen molar-refractivity contribution in [2.24, 2.45) is 17.3 Å². The van der Waals surface area contributed by atoms with Crippen LogP contribution in [0.15, 0.2) is 12.2 Å². The van der Waals surface area contributed by atoms with Gasteiger partial charge in [0.05, 0.1) is 6.07 Å². The van der Waals surface area contributed by atoms with Crippen molar-refractivity contribution in [2.75, 3.05) is 0 Å². The molecule has 0 aromatic rings. The van der Waals surface area contributed by atoms with Crippen molar-refractivity contribution in [3.63, 3.8) is 0 Å². The molecule has 20 heavy (non-hydrogen) atoms. The van der Waals surface area contributed by atoms with Crippen molar-refractivity contribution in [3.05, 3.63) is 12.2 Å². The van der Waals surface area contributed by atoms with Crippen molar-refractivity contribution in [1.82, 2.24) is 0 Å². The summed E-state index contributed by atoms with van der Waals surface area (Å²) in [6.07, 6.45) is 0.132. The second-order valence-corrected chi connectivity index (χ2v) is 6.00. The number of carbonyl (C=O) groups excluding carboxylic acids is 2. The summed E-state index contributed by atoms with van der Waals surface area (Å²) in [5.74, 6) is -0.895. The van der Waals surface area contributed by atoms with E-state index in [-0.39, 0.29) is 5.92 Å². The van der Waals surface area contributed by atoms with E-state index in [1.54, 1.807) is 13.8 Å². The van der Waals surface area contributed by atoms with Crippen LogP contribution >= 0.6 is 0 Å². The molecular formula is C15H19NO4. The van der Waals surface area contributed by atoms with Gasteiger partial charge in [0.15, 0.2) is 5.41 Å². The van der Waals surface area contributed by atoms with Crippen LogP contribution in [-0.4, -0.2) is 24.1 Å². The topological polar surface area (TPSA) is 76.4 Å². The van der Waals surface area contributed by atoms with E-state index in [0.29, 0.717) is 17.9 Å². The summed E-state index contributed by atoms with van der Waals surface area (Å²) in [5, 5.41) is 9.41. The number of esters is 2. The first-order chi connectivity index (χ1) is 9.31. The van der Waals surface area contributed by atoms with Gasteiger partial charge in [-0.15, -0.1) is 0 Å². The lowest BCUT2D eigenvalue weighted by atomic mass is 9.78. The fourth-order valence-corrected chi connectivity index (χ4v) is 3.31. The third-order valence-electron chi connectivity index (χ3n) is 4.27. The molecule has 5 atom stereocenters. The van der Waals surface area contributed by atoms with Gasteiger partial charge in [-0.3, -0.25) is 4.79 Å². The first-order valence-corrected chi connectivity index (χ1v) is 6.80. The van der Waals surface area contributed by atoms with Gasteiger partial charge in [-0.2, -0.15) is 5.26 Å². The molecule has 0 bridgehead atoms. The first-order valence-electron chi connectivity index (χ1n) is 6.80. The van der Waals surface area contributed by atoms with E-state index >= 15 is 0 Å². The molecule has 1 aliphatic heterocycles. The van der Waals surface area contributed by atoms with Crippen LogP contribution in [0.4, 0.5) is 0 Å². The number of hydrogen-bond donors (Lipinski definition) is 0. The van der Waals surface area contributed by atoms with E-state index in [2.05, 4.69) is 12.6 Å². The summed E-state index contributed by atoms with van der Waals surface area (Å²) < 4.78 is 10.6. The molecule has 0 N–H and O–H groups in total. The monoisotopic (exact) mass is 277 g/mol. The highest BCUT2D eigenvalue weighted by Gasteiger charge is 2.63. The standard InChI is InChI=1S/C15H19NO4/c1-8(2)13(17)19-10(4)12-11-5-9(3)6-15(11,7-16)14(18)20-12/h9-12H,1,5-6H2,2-4H3. The quantitative estimate of drug-likeness (QED) is 0.582. The summed E-state index contributed by atoms with van der Waals surface area (Å²) in [6, 6.07) is 2.15. The van der Waals surface area contributed by atoms with Crippen molar-refractivity contribution in [2.45, 2.75) is 45.8 Å². The Hall–Kier alpha value is -1.83. The normalized spacial score (nSPS) is 36.7. The van der Waals surface area contributed by atoms with E-state index in [9.17, 15) is 14.9 Å². The summed E-state index contributed by atoms with van der Waals surface area (Å²) in [5.41, 5.74) is -0.763. The Morgan fingerprint density at radius 1 is 1.65 bits per heavy atom. The number of nitriles is 1. The largest absolute Gasteiger partial charge is 0.457 e. The maximum absolute atomic E-state index is 12.1. The molecule has 0 radical (unpaired) electrons. The number of fused-ring (bicyclic) bond motifs is 1. The van der Waals surface area contributed by atoms with E-state index in [0.717, 1.165) is 6.42 Å². The molecule has 108 valence electrons. The molecule has 1 saturated heterocycles. The second-order valence-electron chi connectivity index (χ2n) is 6.00. The number of carbonyl (C=O) groups is 2. The van der Waals surface area contributed by atoms with Gasteiger partial charge >= 0.3 is 11.9 Å². The van der Waals surface area contributed by atoms with Crippen LogP contribution in [0, 0.1) is 28.6 Å². The van der Waals surface area contributed by atoms with Gasteiger partial charge < -0.3 is 9.47 Å². The summed E-state index contributed by atoms with van der Waals surface area (Å²) in [6.45, 7) is 8.80. The van der Waals surface area contributed by atoms with Gasteiger partial charge in [0.1, 0.15) is 12.2 Å². The smallest absolute Gasteiger partial charge is 0.333 e. The number of ether oxygens (including phenoxy) is 2. The number of nitrogens with zero attached hydrogens (tertiary/aromatic N) is 1. The Labute approximate surface area is 118 Å². The predicted molar refractivity (Wildman–Crippen MR) is 70.2 cm³/mol. The van der Waals surface area contributed by atoms with Crippen molar-refractivity contribution in [3.8, 4) is 6.07 Å². The molecule has 0 spiro atoms. The van der Waals surface area contributed by atoms with Crippen LogP contribution in [0.25, 0.3) is 0 Å². The number of rotatable bonds is 3. The first kappa shape index (κ1) is 14.6. The highest BCUT2D eigenvalue weighted by Crippen LogP contribution is 2.54. The van der Waals surface area contributed by atoms with E-state index in [1.165, 1.54) is 0 Å². The summed E-state index contributed by atoms with van der Waals surface area (Å²) in [7, 11) is 0. The maximum atomic E-state index is 12.1. The van der Waals surface area contributed by atoms with Gasteiger partial charge in [-0.1, -0.05) is 13.5 Å². The molecule has 0 aromatic carbocycles. The molecule has 0 amide bonds. The third-order valence-corrected chi connectivity index (χ3v) is 4.27. The molecule has 2 rings (SSSR count). The van der Waals surface area contributed by atoms with E-state index in [4.69, 9.17) is 9.47 Å². The number of cyclic esters (lactones) is 1. The second kappa shape index (κ2) is 4.93. The van der Waals surface area contributed by atoms with Crippen LogP contribution in [0.2, 0.25) is 0 Å². The highest BCUT2D eigenvalue weighted by molar-refractivity contribution is 5.87. The molecule has 1 heterocycles. The van der Waals surface area contributed by atoms with Crippen molar-refractivity contribution < 1.29 is 19.1 Å². The fraction of sp³-hybridized carbons (Fsp3) is 0.667. The Kier molecular flexibility index (Phi) is 3.59. The zero-order valence-electron chi connectivity index (χ0n) is 12.0. The van der Waals surface area contributed by atoms with Gasteiger partial charge in [0.2, 0.25) is 0 Å². The van der Waals surface area contributed by atoms with Crippen LogP contribution in [-0.2, 0) is 19.1 Å². The summed E-state index contributed by atoms with van der Waals surface area (Å²) in [4.78, 5) is 23.7. The lowest BCUT2D eigenvalue weighted by Gasteiger charge is -2.24. The van der Waals surface area contributed by atoms with E-state index < -0.39 is 29.6 Å². The molecule has 2 fully saturated rings. The molecule has 5 heteroatoms. The lowest BCUT2D eigenvalue weighted by molar-refractivity contribution is -0.159. The van der Waals surface area contributed by atoms with Crippen molar-refractivity contribution in [1.29, 1.82) is 5.26 Å². The fourth-order valence-electron chi connectivity index (χ4n) is 3.31. The molecule has 0 aromatic heterocycles. The average Bonchev–Trinajstić information content (AvgIpc) is 2.84. The molecule has 5 unspecified atom stereocenters. The molecule has 5 nitrogen and oxygen atoms in total. The minimum absolute atomic E-state index is 0.206. The van der Waals surface area contributed by atoms with Gasteiger partial charge in [0.25, 0.3) is 0 Å². The highest BCUT2D eigenvalue weighted by atomic mass is 16.6. The maximum Gasteiger partial charge on any atom is 0.333 e. The number of hydrogen-bond acceptors (Lipinski definition) is 5. The predicted octanol–water partition coefficient (Wildman–Crippen LogP) is 1.98. The Morgan fingerprint density at radius 3 is 2.85 bits per heavy atom. The van der Waals surface area contributed by atoms with Crippen LogP contribution in [0.3, 0.4) is 0 Å². The Balaban J connectivity index is 2.19. The molecule has 2 aliphatic rings. The van der Waals surface area contributed by atoms with Gasteiger partial charge in [-0.25, -0.2) is 4.79 Å². The Morgan fingerprint density at radius 2 is 2.30 bits per heavy atom. The van der Waals surface area contributed by atoms with E-state index in [1.807, 2.05) is 6.92 Å². The van der Waals surface area contributed by atoms with Gasteiger partial charge in [0, 0.05) is 11.5 Å². The van der Waals surface area contributed by atoms with Crippen LogP contribution in [0.5, 0.6) is 0 Å². The Bertz CT molecular complexity index is 506. The average molecular weight is 277 g/mol. The molecular weight excluding hydrogens is 258 g/mol. The van der Waals surface area contributed by atoms with Gasteiger partial charge in [-0.05, 0) is 32.6 Å².